The summed E-state index contributed by atoms with van der Waals surface area (Å²) in [4.78, 5) is 0. The van der Waals surface area contributed by atoms with E-state index in [1.165, 1.54) is 16.8 Å². The van der Waals surface area contributed by atoms with Crippen LogP contribution in [0.2, 0.25) is 10.0 Å². The Hall–Kier alpha value is -1.17. The third-order valence-corrected chi connectivity index (χ3v) is 8.17. The molecule has 0 radical (unpaired) electrons. The van der Waals surface area contributed by atoms with Crippen molar-refractivity contribution < 1.29 is 0 Å². The van der Waals surface area contributed by atoms with Crippen LogP contribution in [0, 0.1) is 0 Å². The highest BCUT2D eigenvalue weighted by molar-refractivity contribution is 9.11. The van der Waals surface area contributed by atoms with Crippen molar-refractivity contribution in [3.8, 4) is 0 Å². The summed E-state index contributed by atoms with van der Waals surface area (Å²) in [6.07, 6.45) is 7.23. The molecule has 2 aliphatic rings. The van der Waals surface area contributed by atoms with Crippen molar-refractivity contribution in [2.75, 3.05) is 5.75 Å². The van der Waals surface area contributed by atoms with Crippen LogP contribution in [0.1, 0.15) is 36.4 Å². The zero-order chi connectivity index (χ0) is 21.1. The smallest absolute Gasteiger partial charge is 0.195 e. The molecule has 0 amide bonds. The van der Waals surface area contributed by atoms with Gasteiger partial charge in [-0.05, 0) is 75.7 Å². The monoisotopic (exact) mass is 520 g/mol. The minimum Gasteiger partial charge on any atom is -0.349 e. The molecule has 2 aromatic rings. The average molecular weight is 522 g/mol. The van der Waals surface area contributed by atoms with E-state index in [2.05, 4.69) is 51.4 Å². The highest BCUT2D eigenvalue weighted by atomic mass is 79.9. The van der Waals surface area contributed by atoms with Gasteiger partial charge in [-0.15, -0.1) is 18.3 Å². The lowest BCUT2D eigenvalue weighted by atomic mass is 9.83. The summed E-state index contributed by atoms with van der Waals surface area (Å²) >= 11 is 18.7. The molecule has 2 N–H and O–H groups in total. The second kappa shape index (κ2) is 9.54. The summed E-state index contributed by atoms with van der Waals surface area (Å²) in [6, 6.07) is 16.1. The summed E-state index contributed by atoms with van der Waals surface area (Å²) < 4.78 is -0.527. The third kappa shape index (κ3) is 4.68. The Morgan fingerprint density at radius 2 is 1.83 bits per heavy atom. The van der Waals surface area contributed by atoms with Crippen LogP contribution in [0.15, 0.2) is 78.0 Å². The van der Waals surface area contributed by atoms with Crippen molar-refractivity contribution in [1.29, 1.82) is 0 Å². The molecule has 0 fully saturated rings. The van der Waals surface area contributed by atoms with Crippen molar-refractivity contribution >= 4 is 57.0 Å². The van der Waals surface area contributed by atoms with Crippen molar-refractivity contribution in [3.05, 3.63) is 99.2 Å². The fraction of sp³-hybridized carbons (Fsp3) is 0.250. The van der Waals surface area contributed by atoms with E-state index in [4.69, 9.17) is 23.2 Å². The van der Waals surface area contributed by atoms with Crippen LogP contribution in [-0.4, -0.2) is 9.66 Å². The number of alkyl halides is 1. The Balaban J connectivity index is 1.82. The number of thioether (sulfide) groups is 1. The molecule has 2 nitrogen and oxygen atoms in total. The lowest BCUT2D eigenvalue weighted by Gasteiger charge is -2.44. The number of benzene rings is 2. The predicted molar refractivity (Wildman–Crippen MR) is 135 cm³/mol. The summed E-state index contributed by atoms with van der Waals surface area (Å²) in [5.74, 6) is 0.798. The molecular formula is C24H23BrCl2N2S. The van der Waals surface area contributed by atoms with E-state index in [0.29, 0.717) is 0 Å². The van der Waals surface area contributed by atoms with Crippen molar-refractivity contribution in [2.24, 2.45) is 0 Å². The first-order valence-corrected chi connectivity index (χ1v) is 12.5. The Bertz CT molecular complexity index is 1020. The van der Waals surface area contributed by atoms with E-state index in [1.54, 1.807) is 11.8 Å². The van der Waals surface area contributed by atoms with Crippen LogP contribution >= 0.6 is 50.9 Å². The number of halogens is 3. The summed E-state index contributed by atoms with van der Waals surface area (Å²) in [6.45, 7) is 3.87. The highest BCUT2D eigenvalue weighted by Crippen LogP contribution is 2.46. The molecule has 30 heavy (non-hydrogen) atoms. The average Bonchev–Trinajstić information content (AvgIpc) is 2.74. The number of rotatable bonds is 5. The molecule has 4 rings (SSSR count). The largest absolute Gasteiger partial charge is 0.349 e. The summed E-state index contributed by atoms with van der Waals surface area (Å²) in [7, 11) is 0. The van der Waals surface area contributed by atoms with Gasteiger partial charge in [-0.2, -0.15) is 0 Å². The van der Waals surface area contributed by atoms with Gasteiger partial charge in [0, 0.05) is 21.5 Å². The second-order valence-corrected chi connectivity index (χ2v) is 11.1. The summed E-state index contributed by atoms with van der Waals surface area (Å²) in [5, 5.41) is 9.00. The molecule has 2 atom stereocenters. The van der Waals surface area contributed by atoms with E-state index in [-0.39, 0.29) is 6.04 Å². The standard InChI is InChI=1S/C24H23BrCl2N2S/c1-2-14-30-24(25)28-22-17(15-16-8-3-5-12-20(16)26)9-7-11-19(22)23(29-24)18-10-4-6-13-21(18)27/h2-6,8,10,12-13,15,23,28-29H,1,7,9,11,14H2/b17-15-. The Kier molecular flexibility index (Phi) is 7.01. The fourth-order valence-electron chi connectivity index (χ4n) is 3.99. The quantitative estimate of drug-likeness (QED) is 0.239. The van der Waals surface area contributed by atoms with Crippen molar-refractivity contribution in [3.63, 3.8) is 0 Å². The van der Waals surface area contributed by atoms with Crippen LogP contribution in [0.5, 0.6) is 0 Å². The van der Waals surface area contributed by atoms with Crippen molar-refractivity contribution in [1.82, 2.24) is 10.6 Å². The molecule has 0 saturated carbocycles. The molecule has 1 aliphatic carbocycles. The molecular weight excluding hydrogens is 499 g/mol. The van der Waals surface area contributed by atoms with E-state index in [9.17, 15) is 0 Å². The number of hydrogen-bond acceptors (Lipinski definition) is 3. The van der Waals surface area contributed by atoms with Crippen LogP contribution in [-0.2, 0) is 0 Å². The van der Waals surface area contributed by atoms with Crippen LogP contribution in [0.3, 0.4) is 0 Å². The van der Waals surface area contributed by atoms with Gasteiger partial charge in [-0.1, -0.05) is 65.7 Å². The zero-order valence-corrected chi connectivity index (χ0v) is 20.3. The van der Waals surface area contributed by atoms with Crippen LogP contribution in [0.4, 0.5) is 0 Å². The predicted octanol–water partition coefficient (Wildman–Crippen LogP) is 7.67. The maximum absolute atomic E-state index is 6.62. The van der Waals surface area contributed by atoms with Crippen molar-refractivity contribution in [2.45, 2.75) is 29.2 Å². The summed E-state index contributed by atoms with van der Waals surface area (Å²) in [5.41, 5.74) is 5.91. The van der Waals surface area contributed by atoms with E-state index >= 15 is 0 Å². The lowest BCUT2D eigenvalue weighted by molar-refractivity contribution is 0.439. The lowest BCUT2D eigenvalue weighted by Crippen LogP contribution is -2.55. The zero-order valence-electron chi connectivity index (χ0n) is 16.4. The van der Waals surface area contributed by atoms with Gasteiger partial charge in [-0.25, -0.2) is 0 Å². The number of nitrogens with one attached hydrogen (secondary N) is 2. The maximum atomic E-state index is 6.62. The fourth-order valence-corrected chi connectivity index (χ4v) is 5.98. The minimum atomic E-state index is -0.527. The first-order valence-electron chi connectivity index (χ1n) is 9.93. The minimum absolute atomic E-state index is 0.0154. The first-order chi connectivity index (χ1) is 14.5. The molecule has 1 aliphatic heterocycles. The Morgan fingerprint density at radius 3 is 2.57 bits per heavy atom. The maximum Gasteiger partial charge on any atom is 0.195 e. The molecule has 156 valence electrons. The van der Waals surface area contributed by atoms with Gasteiger partial charge in [0.25, 0.3) is 0 Å². The molecule has 1 heterocycles. The van der Waals surface area contributed by atoms with Gasteiger partial charge in [0.05, 0.1) is 6.04 Å². The second-order valence-electron chi connectivity index (χ2n) is 7.36. The SMILES string of the molecule is C=CCSC1(Br)NC2=C(CCC/C2=C/c2ccccc2Cl)C(c2ccccc2Cl)N1. The van der Waals surface area contributed by atoms with Gasteiger partial charge in [0.15, 0.2) is 3.90 Å². The molecule has 0 spiro atoms. The number of hydrogen-bond donors (Lipinski definition) is 2. The van der Waals surface area contributed by atoms with Gasteiger partial charge in [0.2, 0.25) is 0 Å². The molecule has 0 aromatic heterocycles. The molecule has 0 saturated heterocycles. The topological polar surface area (TPSA) is 24.1 Å². The highest BCUT2D eigenvalue weighted by Gasteiger charge is 2.40. The van der Waals surface area contributed by atoms with Crippen LogP contribution < -0.4 is 10.6 Å². The van der Waals surface area contributed by atoms with Gasteiger partial charge >= 0.3 is 0 Å². The van der Waals surface area contributed by atoms with Gasteiger partial charge in [0.1, 0.15) is 0 Å². The van der Waals surface area contributed by atoms with E-state index in [0.717, 1.165) is 46.2 Å². The molecule has 2 aromatic carbocycles. The third-order valence-electron chi connectivity index (χ3n) is 5.35. The van der Waals surface area contributed by atoms with E-state index in [1.807, 2.05) is 42.5 Å². The normalized spacial score (nSPS) is 25.0. The Morgan fingerprint density at radius 1 is 1.10 bits per heavy atom. The molecule has 0 bridgehead atoms. The van der Waals surface area contributed by atoms with Crippen LogP contribution in [0.25, 0.3) is 6.08 Å². The van der Waals surface area contributed by atoms with E-state index < -0.39 is 3.90 Å². The number of allylic oxidation sites excluding steroid dienone is 1. The first kappa shape index (κ1) is 22.0. The van der Waals surface area contributed by atoms with Gasteiger partial charge < -0.3 is 5.32 Å². The molecule has 6 heteroatoms. The Labute approximate surface area is 200 Å². The van der Waals surface area contributed by atoms with Gasteiger partial charge in [-0.3, -0.25) is 5.32 Å². The molecule has 2 unspecified atom stereocenters.